The highest BCUT2D eigenvalue weighted by Gasteiger charge is 2.51. The maximum atomic E-state index is 12.4. The highest BCUT2D eigenvalue weighted by Crippen LogP contribution is 2.36. The molecule has 1 aromatic heterocycles. The number of aromatic nitrogens is 2. The number of hydrogen-bond acceptors (Lipinski definition) is 6. The molecule has 9 heteroatoms. The predicted octanol–water partition coefficient (Wildman–Crippen LogP) is 1.89. The van der Waals surface area contributed by atoms with Gasteiger partial charge in [0.15, 0.2) is 0 Å². The summed E-state index contributed by atoms with van der Waals surface area (Å²) in [5.41, 5.74) is 0.668. The number of rotatable bonds is 4. The largest absolute Gasteiger partial charge is 0.498 e. The smallest absolute Gasteiger partial charge is 0.399 e. The molecule has 0 bridgehead atoms. The number of aryl methyl sites for hydroxylation is 1. The van der Waals surface area contributed by atoms with Crippen LogP contribution >= 0.6 is 0 Å². The zero-order valence-electron chi connectivity index (χ0n) is 15.5. The highest BCUT2D eigenvalue weighted by atomic mass is 32.2. The van der Waals surface area contributed by atoms with E-state index in [2.05, 4.69) is 14.7 Å². The maximum absolute atomic E-state index is 12.4. The fourth-order valence-corrected chi connectivity index (χ4v) is 3.35. The first-order valence-corrected chi connectivity index (χ1v) is 9.76. The number of benzene rings is 1. The first kappa shape index (κ1) is 18.8. The van der Waals surface area contributed by atoms with Gasteiger partial charge in [0.2, 0.25) is 5.95 Å². The normalized spacial score (nSPS) is 18.7. The van der Waals surface area contributed by atoms with Crippen LogP contribution in [0.25, 0.3) is 0 Å². The van der Waals surface area contributed by atoms with E-state index < -0.39 is 28.3 Å². The van der Waals surface area contributed by atoms with Crippen LogP contribution in [0.3, 0.4) is 0 Å². The van der Waals surface area contributed by atoms with E-state index in [1.165, 1.54) is 24.5 Å². The van der Waals surface area contributed by atoms with Crippen LogP contribution in [0.5, 0.6) is 0 Å². The van der Waals surface area contributed by atoms with Gasteiger partial charge in [-0.3, -0.25) is 0 Å². The number of anilines is 1. The number of sulfonamides is 1. The van der Waals surface area contributed by atoms with Crippen LogP contribution in [-0.4, -0.2) is 36.7 Å². The average Bonchev–Trinajstić information content (AvgIpc) is 2.76. The molecule has 0 spiro atoms. The topological polar surface area (TPSA) is 90.4 Å². The Morgan fingerprint density at radius 2 is 1.46 bits per heavy atom. The van der Waals surface area contributed by atoms with Crippen LogP contribution in [-0.2, 0) is 19.3 Å². The van der Waals surface area contributed by atoms with E-state index >= 15 is 0 Å². The summed E-state index contributed by atoms with van der Waals surface area (Å²) < 4.78 is 39.0. The van der Waals surface area contributed by atoms with E-state index in [1.54, 1.807) is 12.1 Å². The van der Waals surface area contributed by atoms with Crippen molar-refractivity contribution in [3.8, 4) is 0 Å². The minimum Gasteiger partial charge on any atom is -0.399 e. The Labute approximate surface area is 154 Å². The van der Waals surface area contributed by atoms with Crippen molar-refractivity contribution in [1.82, 2.24) is 9.97 Å². The Bertz CT molecular complexity index is 881. The second-order valence-corrected chi connectivity index (χ2v) is 9.03. The minimum atomic E-state index is -3.74. The van der Waals surface area contributed by atoms with Gasteiger partial charge in [-0.05, 0) is 46.8 Å². The zero-order valence-corrected chi connectivity index (χ0v) is 16.3. The van der Waals surface area contributed by atoms with Crippen LogP contribution in [0.1, 0.15) is 33.3 Å². The molecule has 0 saturated carbocycles. The minimum absolute atomic E-state index is 0.00848. The van der Waals surface area contributed by atoms with E-state index in [0.29, 0.717) is 5.46 Å². The second kappa shape index (κ2) is 6.33. The molecule has 3 rings (SSSR count). The fraction of sp³-hybridized carbons (Fsp3) is 0.412. The van der Waals surface area contributed by atoms with Crippen molar-refractivity contribution < 1.29 is 17.7 Å². The Kier molecular flexibility index (Phi) is 4.58. The fourth-order valence-electron chi connectivity index (χ4n) is 2.39. The Balaban J connectivity index is 1.75. The van der Waals surface area contributed by atoms with E-state index in [9.17, 15) is 8.42 Å². The summed E-state index contributed by atoms with van der Waals surface area (Å²) >= 11 is 0. The van der Waals surface area contributed by atoms with E-state index in [-0.39, 0.29) is 10.8 Å². The third-order valence-corrected chi connectivity index (χ3v) is 6.10. The van der Waals surface area contributed by atoms with Crippen LogP contribution in [0.15, 0.2) is 41.6 Å². The van der Waals surface area contributed by atoms with Crippen molar-refractivity contribution in [3.63, 3.8) is 0 Å². The molecule has 138 valence electrons. The van der Waals surface area contributed by atoms with Gasteiger partial charge in [0.1, 0.15) is 0 Å². The van der Waals surface area contributed by atoms with Gasteiger partial charge in [0, 0.05) is 17.9 Å². The standard InChI is InChI=1S/C17H22BN3O4S/c1-12-6-8-14(9-7-12)26(22,23)21-15-19-10-13(11-20-15)18-24-16(2,3)17(4,5)25-18/h6-11H,1-5H3,(H,19,20,21). The average molecular weight is 375 g/mol. The summed E-state index contributed by atoms with van der Waals surface area (Å²) in [6.07, 6.45) is 3.00. The van der Waals surface area contributed by atoms with Crippen molar-refractivity contribution in [2.45, 2.75) is 50.7 Å². The molecule has 0 aliphatic carbocycles. The van der Waals surface area contributed by atoms with E-state index in [4.69, 9.17) is 9.31 Å². The molecule has 1 fully saturated rings. The van der Waals surface area contributed by atoms with Crippen LogP contribution in [0.4, 0.5) is 5.95 Å². The van der Waals surface area contributed by atoms with Crippen molar-refractivity contribution in [2.75, 3.05) is 4.72 Å². The second-order valence-electron chi connectivity index (χ2n) is 7.35. The molecule has 1 aliphatic rings. The molecule has 0 unspecified atom stereocenters. The highest BCUT2D eigenvalue weighted by molar-refractivity contribution is 7.92. The van der Waals surface area contributed by atoms with Crippen molar-refractivity contribution >= 4 is 28.6 Å². The van der Waals surface area contributed by atoms with Gasteiger partial charge in [-0.1, -0.05) is 17.7 Å². The molecule has 0 atom stereocenters. The Hall–Kier alpha value is -1.97. The molecule has 1 saturated heterocycles. The lowest BCUT2D eigenvalue weighted by Gasteiger charge is -2.32. The summed E-state index contributed by atoms with van der Waals surface area (Å²) in [4.78, 5) is 8.33. The molecular formula is C17H22BN3O4S. The van der Waals surface area contributed by atoms with E-state index in [1.807, 2.05) is 34.6 Å². The van der Waals surface area contributed by atoms with Gasteiger partial charge in [-0.25, -0.2) is 23.1 Å². The first-order chi connectivity index (χ1) is 12.0. The summed E-state index contributed by atoms with van der Waals surface area (Å²) in [6, 6.07) is 6.54. The first-order valence-electron chi connectivity index (χ1n) is 8.27. The molecular weight excluding hydrogens is 353 g/mol. The maximum Gasteiger partial charge on any atom is 0.498 e. The summed E-state index contributed by atoms with van der Waals surface area (Å²) in [5, 5.41) is 0. The van der Waals surface area contributed by atoms with Crippen LogP contribution in [0.2, 0.25) is 0 Å². The summed E-state index contributed by atoms with van der Waals surface area (Å²) in [7, 11) is -4.33. The van der Waals surface area contributed by atoms with Crippen molar-refractivity contribution in [1.29, 1.82) is 0 Å². The van der Waals surface area contributed by atoms with Gasteiger partial charge in [0.25, 0.3) is 10.0 Å². The molecule has 1 aliphatic heterocycles. The van der Waals surface area contributed by atoms with E-state index in [0.717, 1.165) is 5.56 Å². The van der Waals surface area contributed by atoms with Gasteiger partial charge in [-0.15, -0.1) is 0 Å². The quantitative estimate of drug-likeness (QED) is 0.821. The molecule has 2 aromatic rings. The zero-order chi connectivity index (χ0) is 19.2. The number of hydrogen-bond donors (Lipinski definition) is 1. The number of nitrogens with zero attached hydrogens (tertiary/aromatic N) is 2. The SMILES string of the molecule is Cc1ccc(S(=O)(=O)Nc2ncc(B3OC(C)(C)C(C)(C)O3)cn2)cc1. The molecule has 1 aromatic carbocycles. The summed E-state index contributed by atoms with van der Waals surface area (Å²) in [5.74, 6) is -0.00848. The van der Waals surface area contributed by atoms with Gasteiger partial charge >= 0.3 is 7.12 Å². The molecule has 26 heavy (non-hydrogen) atoms. The molecule has 1 N–H and O–H groups in total. The third kappa shape index (κ3) is 3.60. The third-order valence-electron chi connectivity index (χ3n) is 4.75. The lowest BCUT2D eigenvalue weighted by Crippen LogP contribution is -2.41. The Morgan fingerprint density at radius 1 is 0.962 bits per heavy atom. The van der Waals surface area contributed by atoms with Gasteiger partial charge in [0.05, 0.1) is 16.1 Å². The van der Waals surface area contributed by atoms with Crippen LogP contribution < -0.4 is 10.2 Å². The monoisotopic (exact) mass is 375 g/mol. The number of nitrogens with one attached hydrogen (secondary N) is 1. The lowest BCUT2D eigenvalue weighted by atomic mass is 9.81. The summed E-state index contributed by atoms with van der Waals surface area (Å²) in [6.45, 7) is 9.72. The molecule has 2 heterocycles. The molecule has 0 amide bonds. The van der Waals surface area contributed by atoms with Crippen LogP contribution in [0, 0.1) is 6.92 Å². The van der Waals surface area contributed by atoms with Gasteiger partial charge < -0.3 is 9.31 Å². The Morgan fingerprint density at radius 3 is 1.96 bits per heavy atom. The molecule has 0 radical (unpaired) electrons. The van der Waals surface area contributed by atoms with Crippen molar-refractivity contribution in [3.05, 3.63) is 42.2 Å². The van der Waals surface area contributed by atoms with Crippen molar-refractivity contribution in [2.24, 2.45) is 0 Å². The molecule has 7 nitrogen and oxygen atoms in total. The van der Waals surface area contributed by atoms with Gasteiger partial charge in [-0.2, -0.15) is 0 Å². The lowest BCUT2D eigenvalue weighted by molar-refractivity contribution is 0.00578. The predicted molar refractivity (Wildman–Crippen MR) is 99.7 cm³/mol.